The zero-order valence-corrected chi connectivity index (χ0v) is 11.0. The average molecular weight is 246 g/mol. The van der Waals surface area contributed by atoms with E-state index in [1.54, 1.807) is 7.11 Å². The maximum absolute atomic E-state index is 6.07. The van der Waals surface area contributed by atoms with Crippen LogP contribution in [0.3, 0.4) is 0 Å². The van der Waals surface area contributed by atoms with Crippen LogP contribution in [0, 0.1) is 17.8 Å². The van der Waals surface area contributed by atoms with Crippen molar-refractivity contribution in [2.75, 3.05) is 26.8 Å². The largest absolute Gasteiger partial charge is 0.383 e. The molecule has 2 aliphatic carbocycles. The summed E-state index contributed by atoms with van der Waals surface area (Å²) < 4.78 is 5.01. The highest BCUT2D eigenvalue weighted by atomic mass is 35.5. The average Bonchev–Trinajstić information content (AvgIpc) is 2.86. The third-order valence-corrected chi connectivity index (χ3v) is 4.62. The van der Waals surface area contributed by atoms with Gasteiger partial charge in [-0.2, -0.15) is 0 Å². The van der Waals surface area contributed by atoms with E-state index in [0.29, 0.717) is 6.61 Å². The maximum Gasteiger partial charge on any atom is 0.0626 e. The maximum atomic E-state index is 6.07. The summed E-state index contributed by atoms with van der Waals surface area (Å²) >= 11 is 6.07. The minimum Gasteiger partial charge on any atom is -0.383 e. The molecule has 0 amide bonds. The van der Waals surface area contributed by atoms with E-state index in [1.807, 2.05) is 0 Å². The van der Waals surface area contributed by atoms with Gasteiger partial charge in [-0.25, -0.2) is 0 Å². The molecule has 2 rings (SSSR count). The Morgan fingerprint density at radius 1 is 1.38 bits per heavy atom. The Bertz CT molecular complexity index is 212. The highest BCUT2D eigenvalue weighted by molar-refractivity contribution is 6.20. The van der Waals surface area contributed by atoms with Crippen LogP contribution in [0.1, 0.15) is 32.1 Å². The molecule has 0 spiro atoms. The van der Waals surface area contributed by atoms with Crippen molar-refractivity contribution in [3.63, 3.8) is 0 Å². The first-order chi connectivity index (χ1) is 7.79. The van der Waals surface area contributed by atoms with E-state index >= 15 is 0 Å². The second-order valence-electron chi connectivity index (χ2n) is 5.48. The minimum absolute atomic E-state index is 0.164. The van der Waals surface area contributed by atoms with Gasteiger partial charge in [-0.1, -0.05) is 6.42 Å². The summed E-state index contributed by atoms with van der Waals surface area (Å²) in [5, 5.41) is 3.73. The van der Waals surface area contributed by atoms with Crippen LogP contribution in [0.2, 0.25) is 0 Å². The summed E-state index contributed by atoms with van der Waals surface area (Å²) in [6, 6.07) is 0. The molecule has 4 atom stereocenters. The van der Waals surface area contributed by atoms with Crippen LogP contribution in [0.5, 0.6) is 0 Å². The fraction of sp³-hybridized carbons (Fsp3) is 1.00. The van der Waals surface area contributed by atoms with Gasteiger partial charge < -0.3 is 10.1 Å². The van der Waals surface area contributed by atoms with E-state index in [9.17, 15) is 0 Å². The van der Waals surface area contributed by atoms with Crippen LogP contribution in [-0.4, -0.2) is 32.2 Å². The van der Waals surface area contributed by atoms with Gasteiger partial charge >= 0.3 is 0 Å². The number of hydrogen-bond donors (Lipinski definition) is 1. The molecule has 2 aliphatic rings. The summed E-state index contributed by atoms with van der Waals surface area (Å²) in [6.07, 6.45) is 6.97. The molecule has 0 aromatic rings. The van der Waals surface area contributed by atoms with Crippen molar-refractivity contribution in [3.8, 4) is 0 Å². The van der Waals surface area contributed by atoms with Crippen LogP contribution < -0.4 is 5.32 Å². The second-order valence-corrected chi connectivity index (χ2v) is 6.10. The molecular formula is C13H24ClNO. The van der Waals surface area contributed by atoms with Gasteiger partial charge in [0.25, 0.3) is 0 Å². The molecule has 2 saturated carbocycles. The van der Waals surface area contributed by atoms with Gasteiger partial charge in [0.15, 0.2) is 0 Å². The Morgan fingerprint density at radius 3 is 2.88 bits per heavy atom. The van der Waals surface area contributed by atoms with Crippen LogP contribution in [0.4, 0.5) is 0 Å². The molecule has 2 bridgehead atoms. The SMILES string of the molecule is COCC(Cl)CCNCC1CC2CCC1C2. The van der Waals surface area contributed by atoms with Crippen molar-refractivity contribution in [1.29, 1.82) is 0 Å². The van der Waals surface area contributed by atoms with E-state index in [1.165, 1.54) is 32.2 Å². The summed E-state index contributed by atoms with van der Waals surface area (Å²) in [5.41, 5.74) is 0. The van der Waals surface area contributed by atoms with Crippen LogP contribution in [0.15, 0.2) is 0 Å². The van der Waals surface area contributed by atoms with Crippen LogP contribution >= 0.6 is 11.6 Å². The van der Waals surface area contributed by atoms with Gasteiger partial charge in [0, 0.05) is 7.11 Å². The Kier molecular flexibility index (Phi) is 4.93. The van der Waals surface area contributed by atoms with Crippen molar-refractivity contribution >= 4 is 11.6 Å². The molecular weight excluding hydrogens is 222 g/mol. The number of rotatable bonds is 7. The lowest BCUT2D eigenvalue weighted by molar-refractivity contribution is 0.195. The first-order valence-electron chi connectivity index (χ1n) is 6.63. The highest BCUT2D eigenvalue weighted by Gasteiger charge is 2.38. The lowest BCUT2D eigenvalue weighted by Gasteiger charge is -2.22. The molecule has 4 unspecified atom stereocenters. The lowest BCUT2D eigenvalue weighted by atomic mass is 9.89. The fourth-order valence-electron chi connectivity index (χ4n) is 3.44. The van der Waals surface area contributed by atoms with Crippen molar-refractivity contribution < 1.29 is 4.74 Å². The molecule has 1 N–H and O–H groups in total. The molecule has 2 nitrogen and oxygen atoms in total. The van der Waals surface area contributed by atoms with E-state index in [-0.39, 0.29) is 5.38 Å². The van der Waals surface area contributed by atoms with E-state index in [4.69, 9.17) is 16.3 Å². The number of methoxy groups -OCH3 is 1. The van der Waals surface area contributed by atoms with Crippen LogP contribution in [-0.2, 0) is 4.74 Å². The van der Waals surface area contributed by atoms with E-state index in [0.717, 1.165) is 30.7 Å². The van der Waals surface area contributed by atoms with Crippen molar-refractivity contribution in [2.24, 2.45) is 17.8 Å². The number of nitrogens with one attached hydrogen (secondary N) is 1. The molecule has 0 radical (unpaired) electrons. The zero-order valence-electron chi connectivity index (χ0n) is 10.3. The van der Waals surface area contributed by atoms with Gasteiger partial charge in [-0.3, -0.25) is 0 Å². The zero-order chi connectivity index (χ0) is 11.4. The molecule has 94 valence electrons. The Hall–Kier alpha value is 0.210. The Morgan fingerprint density at radius 2 is 2.25 bits per heavy atom. The smallest absolute Gasteiger partial charge is 0.0626 e. The van der Waals surface area contributed by atoms with Crippen molar-refractivity contribution in [1.82, 2.24) is 5.32 Å². The second kappa shape index (κ2) is 6.23. The third-order valence-electron chi connectivity index (χ3n) is 4.27. The lowest BCUT2D eigenvalue weighted by Crippen LogP contribution is -2.28. The fourth-order valence-corrected chi connectivity index (χ4v) is 3.67. The Labute approximate surface area is 104 Å². The molecule has 0 heterocycles. The molecule has 2 fully saturated rings. The predicted molar refractivity (Wildman–Crippen MR) is 67.9 cm³/mol. The number of alkyl halides is 1. The summed E-state index contributed by atoms with van der Waals surface area (Å²) in [6.45, 7) is 2.90. The standard InChI is InChI=1S/C13H24ClNO/c1-16-9-13(14)4-5-15-8-12-7-10-2-3-11(12)6-10/h10-13,15H,2-9H2,1H3. The first-order valence-corrected chi connectivity index (χ1v) is 7.07. The van der Waals surface area contributed by atoms with Crippen molar-refractivity contribution in [3.05, 3.63) is 0 Å². The van der Waals surface area contributed by atoms with Gasteiger partial charge in [0.1, 0.15) is 0 Å². The predicted octanol–water partition coefficient (Wildman–Crippen LogP) is 2.66. The molecule has 0 aliphatic heterocycles. The highest BCUT2D eigenvalue weighted by Crippen LogP contribution is 2.47. The third kappa shape index (κ3) is 3.35. The number of ether oxygens (including phenoxy) is 1. The molecule has 0 saturated heterocycles. The number of fused-ring (bicyclic) bond motifs is 2. The van der Waals surface area contributed by atoms with Gasteiger partial charge in [0.2, 0.25) is 0 Å². The molecule has 16 heavy (non-hydrogen) atoms. The van der Waals surface area contributed by atoms with Crippen molar-refractivity contribution in [2.45, 2.75) is 37.5 Å². The quantitative estimate of drug-likeness (QED) is 0.550. The number of hydrogen-bond acceptors (Lipinski definition) is 2. The molecule has 3 heteroatoms. The summed E-state index contributed by atoms with van der Waals surface area (Å²) in [4.78, 5) is 0. The van der Waals surface area contributed by atoms with E-state index in [2.05, 4.69) is 5.32 Å². The Balaban J connectivity index is 1.52. The van der Waals surface area contributed by atoms with Gasteiger partial charge in [-0.05, 0) is 56.5 Å². The topological polar surface area (TPSA) is 21.3 Å². The van der Waals surface area contributed by atoms with E-state index < -0.39 is 0 Å². The minimum atomic E-state index is 0.164. The first kappa shape index (κ1) is 12.7. The molecule has 0 aromatic heterocycles. The summed E-state index contributed by atoms with van der Waals surface area (Å²) in [7, 11) is 1.71. The summed E-state index contributed by atoms with van der Waals surface area (Å²) in [5.74, 6) is 3.05. The van der Waals surface area contributed by atoms with Gasteiger partial charge in [-0.15, -0.1) is 11.6 Å². The normalized spacial score (nSPS) is 34.5. The monoisotopic (exact) mass is 245 g/mol. The molecule has 0 aromatic carbocycles. The van der Waals surface area contributed by atoms with Crippen LogP contribution in [0.25, 0.3) is 0 Å². The number of halogens is 1. The van der Waals surface area contributed by atoms with Gasteiger partial charge in [0.05, 0.1) is 12.0 Å².